The van der Waals surface area contributed by atoms with Gasteiger partial charge in [0, 0.05) is 18.5 Å². The molecule has 1 aromatic carbocycles. The van der Waals surface area contributed by atoms with Crippen LogP contribution in [0.2, 0.25) is 5.02 Å². The molecular weight excluding hydrogens is 210 g/mol. The monoisotopic (exact) mass is 221 g/mol. The molecule has 4 heteroatoms. The summed E-state index contributed by atoms with van der Waals surface area (Å²) < 4.78 is 0. The maximum Gasteiger partial charge on any atom is 0.0672 e. The summed E-state index contributed by atoms with van der Waals surface area (Å²) in [5, 5.41) is 8.88. The Morgan fingerprint density at radius 1 is 1.27 bits per heavy atom. The van der Waals surface area contributed by atoms with Crippen molar-refractivity contribution in [1.82, 2.24) is 10.2 Å². The van der Waals surface area contributed by atoms with Crippen molar-refractivity contribution in [3.63, 3.8) is 0 Å². The van der Waals surface area contributed by atoms with Gasteiger partial charge in [0.1, 0.15) is 0 Å². The molecule has 0 amide bonds. The summed E-state index contributed by atoms with van der Waals surface area (Å²) in [6, 6.07) is 4.07. The fourth-order valence-corrected chi connectivity index (χ4v) is 2.44. The van der Waals surface area contributed by atoms with E-state index in [0.717, 1.165) is 34.7 Å². The van der Waals surface area contributed by atoms with Crippen molar-refractivity contribution >= 4 is 28.2 Å². The number of H-pyrrole nitrogens is 1. The van der Waals surface area contributed by atoms with Crippen molar-refractivity contribution in [3.8, 4) is 0 Å². The number of nitrogens with one attached hydrogen (secondary N) is 1. The Bertz CT molecular complexity index is 486. The third kappa shape index (κ3) is 1.47. The summed E-state index contributed by atoms with van der Waals surface area (Å²) in [5.74, 6) is 0. The summed E-state index contributed by atoms with van der Waals surface area (Å²) in [6.07, 6.45) is 4.32. The van der Waals surface area contributed by atoms with Gasteiger partial charge >= 0.3 is 0 Å². The number of fused-ring (bicyclic) bond motifs is 1. The lowest BCUT2D eigenvalue weighted by molar-refractivity contribution is 0.949. The summed E-state index contributed by atoms with van der Waals surface area (Å²) in [7, 11) is 0. The largest absolute Gasteiger partial charge is 0.370 e. The normalized spacial score (nSPS) is 16.5. The first-order valence-electron chi connectivity index (χ1n) is 5.22. The van der Waals surface area contributed by atoms with Crippen molar-refractivity contribution in [2.24, 2.45) is 0 Å². The maximum absolute atomic E-state index is 6.26. The van der Waals surface area contributed by atoms with Gasteiger partial charge < -0.3 is 4.90 Å². The molecule has 1 aromatic heterocycles. The topological polar surface area (TPSA) is 31.9 Å². The SMILES string of the molecule is Clc1cc2cn[nH]c2cc1N1CCCC1. The minimum Gasteiger partial charge on any atom is -0.370 e. The van der Waals surface area contributed by atoms with Crippen LogP contribution in [0.1, 0.15) is 12.8 Å². The number of rotatable bonds is 1. The summed E-state index contributed by atoms with van der Waals surface area (Å²) >= 11 is 6.26. The lowest BCUT2D eigenvalue weighted by atomic mass is 10.2. The molecule has 3 rings (SSSR count). The zero-order valence-electron chi connectivity index (χ0n) is 8.33. The molecule has 1 fully saturated rings. The molecule has 0 saturated carbocycles. The summed E-state index contributed by atoms with van der Waals surface area (Å²) in [5.41, 5.74) is 2.19. The smallest absolute Gasteiger partial charge is 0.0672 e. The summed E-state index contributed by atoms with van der Waals surface area (Å²) in [6.45, 7) is 2.22. The van der Waals surface area contributed by atoms with Crippen LogP contribution in [0.5, 0.6) is 0 Å². The number of aromatic nitrogens is 2. The van der Waals surface area contributed by atoms with E-state index in [1.54, 1.807) is 6.20 Å². The first kappa shape index (κ1) is 9.04. The van der Waals surface area contributed by atoms with E-state index in [0.29, 0.717) is 0 Å². The first-order chi connectivity index (χ1) is 7.34. The van der Waals surface area contributed by atoms with E-state index in [2.05, 4.69) is 21.2 Å². The van der Waals surface area contributed by atoms with Crippen LogP contribution < -0.4 is 4.90 Å². The Morgan fingerprint density at radius 2 is 2.07 bits per heavy atom. The minimum absolute atomic E-state index is 0.825. The van der Waals surface area contributed by atoms with Crippen molar-refractivity contribution in [2.45, 2.75) is 12.8 Å². The molecule has 1 aliphatic rings. The number of benzene rings is 1. The molecule has 2 aromatic rings. The van der Waals surface area contributed by atoms with Gasteiger partial charge in [-0.25, -0.2) is 0 Å². The van der Waals surface area contributed by atoms with Gasteiger partial charge in [0.15, 0.2) is 0 Å². The molecule has 0 spiro atoms. The van der Waals surface area contributed by atoms with Crippen molar-refractivity contribution < 1.29 is 0 Å². The Morgan fingerprint density at radius 3 is 2.87 bits per heavy atom. The number of anilines is 1. The van der Waals surface area contributed by atoms with Gasteiger partial charge in [-0.1, -0.05) is 11.6 Å². The van der Waals surface area contributed by atoms with E-state index < -0.39 is 0 Å². The van der Waals surface area contributed by atoms with E-state index >= 15 is 0 Å². The van der Waals surface area contributed by atoms with E-state index in [9.17, 15) is 0 Å². The highest BCUT2D eigenvalue weighted by atomic mass is 35.5. The lowest BCUT2D eigenvalue weighted by Gasteiger charge is -2.18. The van der Waals surface area contributed by atoms with Gasteiger partial charge in [0.25, 0.3) is 0 Å². The third-order valence-corrected chi connectivity index (χ3v) is 3.26. The second-order valence-electron chi connectivity index (χ2n) is 3.96. The van der Waals surface area contributed by atoms with Crippen LogP contribution in [0.4, 0.5) is 5.69 Å². The molecule has 0 atom stereocenters. The molecular formula is C11H12ClN3. The first-order valence-corrected chi connectivity index (χ1v) is 5.60. The number of aromatic amines is 1. The van der Waals surface area contributed by atoms with Crippen LogP contribution in [0.15, 0.2) is 18.3 Å². The minimum atomic E-state index is 0.825. The second-order valence-corrected chi connectivity index (χ2v) is 4.36. The Balaban J connectivity index is 2.11. The molecule has 0 bridgehead atoms. The van der Waals surface area contributed by atoms with Crippen molar-refractivity contribution in [2.75, 3.05) is 18.0 Å². The highest BCUT2D eigenvalue weighted by Gasteiger charge is 2.16. The highest BCUT2D eigenvalue weighted by Crippen LogP contribution is 2.32. The zero-order chi connectivity index (χ0) is 10.3. The standard InChI is InChI=1S/C11H12ClN3/c12-9-5-8-7-13-14-10(8)6-11(9)15-3-1-2-4-15/h5-7H,1-4H2,(H,13,14). The van der Waals surface area contributed by atoms with E-state index in [1.165, 1.54) is 12.8 Å². The highest BCUT2D eigenvalue weighted by molar-refractivity contribution is 6.34. The number of hydrogen-bond acceptors (Lipinski definition) is 2. The van der Waals surface area contributed by atoms with Crippen LogP contribution in [-0.4, -0.2) is 23.3 Å². The Labute approximate surface area is 93.0 Å². The average molecular weight is 222 g/mol. The fourth-order valence-electron chi connectivity index (χ4n) is 2.15. The number of halogens is 1. The molecule has 1 N–H and O–H groups in total. The average Bonchev–Trinajstić information content (AvgIpc) is 2.85. The van der Waals surface area contributed by atoms with Gasteiger partial charge in [0.2, 0.25) is 0 Å². The van der Waals surface area contributed by atoms with Crippen LogP contribution in [0.25, 0.3) is 10.9 Å². The molecule has 15 heavy (non-hydrogen) atoms. The van der Waals surface area contributed by atoms with Crippen LogP contribution in [0.3, 0.4) is 0 Å². The zero-order valence-corrected chi connectivity index (χ0v) is 9.09. The lowest BCUT2D eigenvalue weighted by Crippen LogP contribution is -2.17. The quantitative estimate of drug-likeness (QED) is 0.803. The second kappa shape index (κ2) is 3.42. The van der Waals surface area contributed by atoms with Gasteiger partial charge in [-0.05, 0) is 25.0 Å². The maximum atomic E-state index is 6.26. The van der Waals surface area contributed by atoms with Crippen molar-refractivity contribution in [3.05, 3.63) is 23.4 Å². The van der Waals surface area contributed by atoms with E-state index in [4.69, 9.17) is 11.6 Å². The van der Waals surface area contributed by atoms with Gasteiger partial charge in [0.05, 0.1) is 22.4 Å². The van der Waals surface area contributed by atoms with Gasteiger partial charge in [-0.15, -0.1) is 0 Å². The Hall–Kier alpha value is -1.22. The molecule has 0 radical (unpaired) electrons. The predicted octanol–water partition coefficient (Wildman–Crippen LogP) is 2.82. The van der Waals surface area contributed by atoms with E-state index in [-0.39, 0.29) is 0 Å². The Kier molecular flexibility index (Phi) is 2.06. The molecule has 1 saturated heterocycles. The molecule has 0 aliphatic carbocycles. The van der Waals surface area contributed by atoms with Crippen molar-refractivity contribution in [1.29, 1.82) is 0 Å². The fraction of sp³-hybridized carbons (Fsp3) is 0.364. The van der Waals surface area contributed by atoms with Gasteiger partial charge in [-0.3, -0.25) is 5.10 Å². The summed E-state index contributed by atoms with van der Waals surface area (Å²) in [4.78, 5) is 2.34. The van der Waals surface area contributed by atoms with E-state index in [1.807, 2.05) is 6.07 Å². The molecule has 0 unspecified atom stereocenters. The van der Waals surface area contributed by atoms with Crippen LogP contribution in [-0.2, 0) is 0 Å². The molecule has 3 nitrogen and oxygen atoms in total. The number of nitrogens with zero attached hydrogens (tertiary/aromatic N) is 2. The van der Waals surface area contributed by atoms with Gasteiger partial charge in [-0.2, -0.15) is 5.10 Å². The predicted molar refractivity (Wildman–Crippen MR) is 62.6 cm³/mol. The number of hydrogen-bond donors (Lipinski definition) is 1. The molecule has 2 heterocycles. The molecule has 1 aliphatic heterocycles. The third-order valence-electron chi connectivity index (χ3n) is 2.95. The van der Waals surface area contributed by atoms with Crippen LogP contribution >= 0.6 is 11.6 Å². The molecule has 78 valence electrons. The van der Waals surface area contributed by atoms with Crippen LogP contribution in [0, 0.1) is 0 Å².